The Morgan fingerprint density at radius 2 is 2.10 bits per heavy atom. The number of aromatic nitrogens is 2. The monoisotopic (exact) mass is 431 g/mol. The van der Waals surface area contributed by atoms with Gasteiger partial charge in [-0.15, -0.1) is 11.3 Å². The molecule has 0 aliphatic carbocycles. The molecule has 0 bridgehead atoms. The molecule has 29 heavy (non-hydrogen) atoms. The van der Waals surface area contributed by atoms with Gasteiger partial charge in [-0.1, -0.05) is 12.1 Å². The number of fused-ring (bicyclic) bond motifs is 1. The third-order valence-corrected chi connectivity index (χ3v) is 6.37. The third kappa shape index (κ3) is 3.89. The molecule has 8 heteroatoms. The van der Waals surface area contributed by atoms with Crippen molar-refractivity contribution in [3.8, 4) is 16.9 Å². The molecule has 152 valence electrons. The Balaban J connectivity index is 1.84. The van der Waals surface area contributed by atoms with Crippen LogP contribution in [0.5, 0.6) is 5.75 Å². The molecule has 6 nitrogen and oxygen atoms in total. The van der Waals surface area contributed by atoms with E-state index in [-0.39, 0.29) is 5.28 Å². The van der Waals surface area contributed by atoms with Crippen molar-refractivity contribution in [3.05, 3.63) is 34.4 Å². The lowest BCUT2D eigenvalue weighted by Gasteiger charge is -2.32. The normalized spacial score (nSPS) is 16.9. The van der Waals surface area contributed by atoms with E-state index in [0.29, 0.717) is 19.6 Å². The van der Waals surface area contributed by atoms with Crippen molar-refractivity contribution >= 4 is 44.9 Å². The lowest BCUT2D eigenvalue weighted by atomic mass is 9.97. The van der Waals surface area contributed by atoms with Crippen molar-refractivity contribution in [1.82, 2.24) is 9.97 Å². The van der Waals surface area contributed by atoms with Gasteiger partial charge < -0.3 is 14.7 Å². The number of piperidine rings is 1. The molecule has 2 aromatic heterocycles. The molecule has 1 aliphatic heterocycles. The van der Waals surface area contributed by atoms with E-state index in [2.05, 4.69) is 16.9 Å². The second kappa shape index (κ2) is 8.16. The van der Waals surface area contributed by atoms with Crippen LogP contribution < -0.4 is 9.64 Å². The number of benzene rings is 1. The maximum Gasteiger partial charge on any atom is 0.308 e. The molecule has 0 spiro atoms. The summed E-state index contributed by atoms with van der Waals surface area (Å²) in [4.78, 5) is 24.5. The van der Waals surface area contributed by atoms with Crippen LogP contribution in [0.25, 0.3) is 21.3 Å². The zero-order valence-corrected chi connectivity index (χ0v) is 17.9. The second-order valence-electron chi connectivity index (χ2n) is 7.11. The quantitative estimate of drug-likeness (QED) is 0.571. The minimum atomic E-state index is -0.765. The molecule has 1 fully saturated rings. The molecule has 1 aromatic carbocycles. The van der Waals surface area contributed by atoms with Crippen molar-refractivity contribution in [2.24, 2.45) is 5.92 Å². The lowest BCUT2D eigenvalue weighted by Crippen LogP contribution is -2.39. The molecule has 1 N–H and O–H groups in total. The van der Waals surface area contributed by atoms with E-state index in [1.165, 1.54) is 0 Å². The molecule has 1 atom stereocenters. The molecule has 0 radical (unpaired) electrons. The second-order valence-corrected chi connectivity index (χ2v) is 8.65. The predicted octanol–water partition coefficient (Wildman–Crippen LogP) is 5.02. The van der Waals surface area contributed by atoms with Crippen LogP contribution in [-0.2, 0) is 4.79 Å². The van der Waals surface area contributed by atoms with Gasteiger partial charge >= 0.3 is 5.97 Å². The Bertz CT molecular complexity index is 1050. The molecule has 0 amide bonds. The molecule has 3 aromatic rings. The van der Waals surface area contributed by atoms with Crippen LogP contribution in [0.2, 0.25) is 5.28 Å². The molecular formula is C21H22ClN3O3S. The van der Waals surface area contributed by atoms with E-state index in [1.807, 2.05) is 36.1 Å². The number of carbonyl (C=O) groups is 1. The fraction of sp³-hybridized carbons (Fsp3) is 0.381. The number of aryl methyl sites for hydroxylation is 1. The van der Waals surface area contributed by atoms with Crippen LogP contribution in [0.15, 0.2) is 24.3 Å². The Labute approximate surface area is 178 Å². The maximum absolute atomic E-state index is 11.5. The third-order valence-electron chi connectivity index (χ3n) is 5.21. The summed E-state index contributed by atoms with van der Waals surface area (Å²) in [7, 11) is 0. The number of thiophene rings is 1. The van der Waals surface area contributed by atoms with Gasteiger partial charge in [0.05, 0.1) is 17.9 Å². The maximum atomic E-state index is 11.5. The Morgan fingerprint density at radius 3 is 2.79 bits per heavy atom. The molecule has 1 unspecified atom stereocenters. The SMILES string of the molecule is CCOc1ccc(-c2c(C)sc3nc(Cl)nc(N4CCCC(C(=O)O)C4)c23)cc1. The van der Waals surface area contributed by atoms with Crippen LogP contribution in [-0.4, -0.2) is 40.7 Å². The van der Waals surface area contributed by atoms with E-state index in [0.717, 1.165) is 50.8 Å². The van der Waals surface area contributed by atoms with Crippen LogP contribution in [0, 0.1) is 12.8 Å². The van der Waals surface area contributed by atoms with Gasteiger partial charge in [0.25, 0.3) is 0 Å². The van der Waals surface area contributed by atoms with E-state index in [9.17, 15) is 9.90 Å². The van der Waals surface area contributed by atoms with Crippen molar-refractivity contribution < 1.29 is 14.6 Å². The number of nitrogens with zero attached hydrogens (tertiary/aromatic N) is 3. The number of ether oxygens (including phenoxy) is 1. The molecule has 4 rings (SSSR count). The van der Waals surface area contributed by atoms with Gasteiger partial charge in [-0.2, -0.15) is 4.98 Å². The number of carboxylic acids is 1. The summed E-state index contributed by atoms with van der Waals surface area (Å²) in [5.74, 6) is 0.382. The summed E-state index contributed by atoms with van der Waals surface area (Å²) in [6.07, 6.45) is 1.49. The topological polar surface area (TPSA) is 75.6 Å². The first-order valence-corrected chi connectivity index (χ1v) is 10.8. The van der Waals surface area contributed by atoms with Crippen molar-refractivity contribution in [2.45, 2.75) is 26.7 Å². The van der Waals surface area contributed by atoms with Crippen LogP contribution in [0.1, 0.15) is 24.6 Å². The van der Waals surface area contributed by atoms with E-state index >= 15 is 0 Å². The fourth-order valence-corrected chi connectivity index (χ4v) is 5.15. The van der Waals surface area contributed by atoms with Crippen molar-refractivity contribution in [1.29, 1.82) is 0 Å². The largest absolute Gasteiger partial charge is 0.494 e. The zero-order valence-electron chi connectivity index (χ0n) is 16.3. The highest BCUT2D eigenvalue weighted by Gasteiger charge is 2.29. The summed E-state index contributed by atoms with van der Waals surface area (Å²) in [6, 6.07) is 7.99. The first kappa shape index (κ1) is 19.9. The number of carboxylic acid groups (broad SMARTS) is 1. The van der Waals surface area contributed by atoms with Crippen LogP contribution >= 0.6 is 22.9 Å². The number of halogens is 1. The van der Waals surface area contributed by atoms with Gasteiger partial charge in [0.2, 0.25) is 5.28 Å². The molecule has 1 aliphatic rings. The highest BCUT2D eigenvalue weighted by Crippen LogP contribution is 2.43. The number of anilines is 1. The number of aliphatic carboxylic acids is 1. The first-order valence-electron chi connectivity index (χ1n) is 9.65. The lowest BCUT2D eigenvalue weighted by molar-refractivity contribution is -0.141. The molecule has 0 saturated carbocycles. The molecular weight excluding hydrogens is 410 g/mol. The smallest absolute Gasteiger partial charge is 0.308 e. The van der Waals surface area contributed by atoms with Crippen molar-refractivity contribution in [3.63, 3.8) is 0 Å². The van der Waals surface area contributed by atoms with E-state index < -0.39 is 11.9 Å². The summed E-state index contributed by atoms with van der Waals surface area (Å²) < 4.78 is 5.56. The standard InChI is InChI=1S/C21H22ClN3O3S/c1-3-28-15-8-6-13(7-9-15)16-12(2)29-19-17(16)18(23-21(22)24-19)25-10-4-5-14(11-25)20(26)27/h6-9,14H,3-5,10-11H2,1-2H3,(H,26,27). The number of hydrogen-bond acceptors (Lipinski definition) is 6. The van der Waals surface area contributed by atoms with Crippen molar-refractivity contribution in [2.75, 3.05) is 24.6 Å². The summed E-state index contributed by atoms with van der Waals surface area (Å²) in [6.45, 7) is 5.82. The van der Waals surface area contributed by atoms with Crippen LogP contribution in [0.4, 0.5) is 5.82 Å². The highest BCUT2D eigenvalue weighted by molar-refractivity contribution is 7.19. The Hall–Kier alpha value is -2.38. The summed E-state index contributed by atoms with van der Waals surface area (Å²) >= 11 is 7.81. The Morgan fingerprint density at radius 1 is 1.34 bits per heavy atom. The first-order chi connectivity index (χ1) is 14.0. The van der Waals surface area contributed by atoms with Gasteiger partial charge in [0.15, 0.2) is 0 Å². The minimum absolute atomic E-state index is 0.185. The van der Waals surface area contributed by atoms with Gasteiger partial charge in [0, 0.05) is 23.5 Å². The highest BCUT2D eigenvalue weighted by atomic mass is 35.5. The average molecular weight is 432 g/mol. The summed E-state index contributed by atoms with van der Waals surface area (Å²) in [5, 5.41) is 10.6. The Kier molecular flexibility index (Phi) is 5.61. The summed E-state index contributed by atoms with van der Waals surface area (Å²) in [5.41, 5.74) is 2.12. The van der Waals surface area contributed by atoms with Crippen LogP contribution in [0.3, 0.4) is 0 Å². The number of hydrogen-bond donors (Lipinski definition) is 1. The number of rotatable bonds is 5. The van der Waals surface area contributed by atoms with E-state index in [1.54, 1.807) is 11.3 Å². The van der Waals surface area contributed by atoms with Gasteiger partial charge in [-0.3, -0.25) is 4.79 Å². The molecule has 3 heterocycles. The van der Waals surface area contributed by atoms with Gasteiger partial charge in [-0.05, 0) is 56.0 Å². The van der Waals surface area contributed by atoms with Gasteiger partial charge in [0.1, 0.15) is 16.4 Å². The minimum Gasteiger partial charge on any atom is -0.494 e. The molecule has 1 saturated heterocycles. The van der Waals surface area contributed by atoms with Gasteiger partial charge in [-0.25, -0.2) is 4.98 Å². The predicted molar refractivity (Wildman–Crippen MR) is 116 cm³/mol. The average Bonchev–Trinajstić information content (AvgIpc) is 3.03. The zero-order chi connectivity index (χ0) is 20.5. The van der Waals surface area contributed by atoms with E-state index in [4.69, 9.17) is 16.3 Å². The fourth-order valence-electron chi connectivity index (χ4n) is 3.90.